The Labute approximate surface area is 115 Å². The normalized spacial score (nSPS) is 16.4. The van der Waals surface area contributed by atoms with Crippen LogP contribution in [0.15, 0.2) is 29.2 Å². The van der Waals surface area contributed by atoms with Gasteiger partial charge < -0.3 is 9.67 Å². The summed E-state index contributed by atoms with van der Waals surface area (Å²) in [6.07, 6.45) is 2.20. The van der Waals surface area contributed by atoms with E-state index in [1.54, 1.807) is 0 Å². The van der Waals surface area contributed by atoms with Crippen molar-refractivity contribution in [1.29, 1.82) is 0 Å². The highest BCUT2D eigenvalue weighted by Gasteiger charge is 2.24. The van der Waals surface area contributed by atoms with E-state index in [1.807, 2.05) is 30.5 Å². The molecule has 0 bridgehead atoms. The summed E-state index contributed by atoms with van der Waals surface area (Å²) in [5, 5.41) is 9.06. The van der Waals surface area contributed by atoms with Gasteiger partial charge in [0.1, 0.15) is 5.56 Å². The number of rotatable bonds is 1. The first-order valence-corrected chi connectivity index (χ1v) is 6.43. The molecule has 5 nitrogen and oxygen atoms in total. The third-order valence-electron chi connectivity index (χ3n) is 3.66. The number of fused-ring (bicyclic) bond motifs is 3. The van der Waals surface area contributed by atoms with E-state index < -0.39 is 11.4 Å². The predicted octanol–water partition coefficient (Wildman–Crippen LogP) is 2.03. The molecule has 0 aromatic carbocycles. The predicted molar refractivity (Wildman–Crippen MR) is 74.0 cm³/mol. The van der Waals surface area contributed by atoms with E-state index in [0.717, 1.165) is 23.4 Å². The van der Waals surface area contributed by atoms with E-state index in [0.29, 0.717) is 5.69 Å². The second-order valence-electron chi connectivity index (χ2n) is 5.16. The Balaban J connectivity index is 2.32. The first-order chi connectivity index (χ1) is 9.47. The van der Waals surface area contributed by atoms with Crippen LogP contribution in [0.3, 0.4) is 0 Å². The maximum Gasteiger partial charge on any atom is 0.341 e. The van der Waals surface area contributed by atoms with Crippen molar-refractivity contribution in [3.8, 4) is 11.4 Å². The van der Waals surface area contributed by atoms with E-state index in [-0.39, 0.29) is 11.6 Å². The van der Waals surface area contributed by atoms with Gasteiger partial charge in [0.05, 0.1) is 11.4 Å². The molecule has 0 saturated heterocycles. The third-order valence-corrected chi connectivity index (χ3v) is 3.66. The smallest absolute Gasteiger partial charge is 0.341 e. The van der Waals surface area contributed by atoms with Crippen molar-refractivity contribution in [3.63, 3.8) is 0 Å². The van der Waals surface area contributed by atoms with Gasteiger partial charge in [0.25, 0.3) is 0 Å². The fourth-order valence-corrected chi connectivity index (χ4v) is 2.65. The highest BCUT2D eigenvalue weighted by molar-refractivity contribution is 5.87. The molecule has 3 heterocycles. The number of aromatic carboxylic acids is 1. The second kappa shape index (κ2) is 4.30. The molecule has 3 rings (SSSR count). The molecule has 2 aromatic rings. The molecular weight excluding hydrogens is 256 g/mol. The average Bonchev–Trinajstić information content (AvgIpc) is 2.39. The quantitative estimate of drug-likeness (QED) is 0.860. The summed E-state index contributed by atoms with van der Waals surface area (Å²) in [6, 6.07) is 5.45. The van der Waals surface area contributed by atoms with Crippen LogP contribution < -0.4 is 5.43 Å². The molecular formula is C15H14N2O3. The lowest BCUT2D eigenvalue weighted by Crippen LogP contribution is -2.24. The van der Waals surface area contributed by atoms with Gasteiger partial charge in [0.2, 0.25) is 0 Å². The van der Waals surface area contributed by atoms with Gasteiger partial charge in [0, 0.05) is 24.0 Å². The molecule has 0 fully saturated rings. The molecule has 5 heteroatoms. The van der Waals surface area contributed by atoms with Crippen LogP contribution >= 0.6 is 0 Å². The van der Waals surface area contributed by atoms with Crippen molar-refractivity contribution in [1.82, 2.24) is 9.55 Å². The molecule has 102 valence electrons. The van der Waals surface area contributed by atoms with Gasteiger partial charge in [-0.25, -0.2) is 4.79 Å². The van der Waals surface area contributed by atoms with E-state index in [1.165, 1.54) is 12.3 Å². The summed E-state index contributed by atoms with van der Waals surface area (Å²) >= 11 is 0. The maximum atomic E-state index is 11.9. The number of pyridine rings is 2. The summed E-state index contributed by atoms with van der Waals surface area (Å²) in [4.78, 5) is 27.5. The molecule has 2 aromatic heterocycles. The molecule has 0 amide bonds. The minimum Gasteiger partial charge on any atom is -0.477 e. The highest BCUT2D eigenvalue weighted by Crippen LogP contribution is 2.32. The summed E-state index contributed by atoms with van der Waals surface area (Å²) in [5.41, 5.74) is 2.75. The zero-order chi connectivity index (χ0) is 14.4. The first-order valence-electron chi connectivity index (χ1n) is 6.43. The van der Waals surface area contributed by atoms with Crippen molar-refractivity contribution in [2.45, 2.75) is 26.3 Å². The molecule has 20 heavy (non-hydrogen) atoms. The molecule has 1 atom stereocenters. The van der Waals surface area contributed by atoms with Crippen LogP contribution in [0.5, 0.6) is 0 Å². The van der Waals surface area contributed by atoms with Crippen LogP contribution in [0.2, 0.25) is 0 Å². The van der Waals surface area contributed by atoms with Crippen molar-refractivity contribution in [2.75, 3.05) is 0 Å². The monoisotopic (exact) mass is 270 g/mol. The van der Waals surface area contributed by atoms with Gasteiger partial charge in [-0.2, -0.15) is 0 Å². The summed E-state index contributed by atoms with van der Waals surface area (Å²) < 4.78 is 1.83. The molecule has 1 unspecified atom stereocenters. The van der Waals surface area contributed by atoms with Gasteiger partial charge in [-0.1, -0.05) is 6.07 Å². The van der Waals surface area contributed by atoms with Crippen LogP contribution in [0.4, 0.5) is 0 Å². The van der Waals surface area contributed by atoms with Gasteiger partial charge in [-0.15, -0.1) is 0 Å². The number of aryl methyl sites for hydroxylation is 1. The van der Waals surface area contributed by atoms with E-state index in [4.69, 9.17) is 5.11 Å². The van der Waals surface area contributed by atoms with Crippen molar-refractivity contribution < 1.29 is 9.90 Å². The Hall–Kier alpha value is -2.43. The number of carboxylic acid groups (broad SMARTS) is 1. The van der Waals surface area contributed by atoms with Crippen LogP contribution in [0.1, 0.15) is 34.6 Å². The zero-order valence-electron chi connectivity index (χ0n) is 11.3. The SMILES string of the molecule is Cc1ccc2c(n1)-c1cc(=O)c(C(=O)O)cn1C(C)C2. The fraction of sp³-hybridized carbons (Fsp3) is 0.267. The summed E-state index contributed by atoms with van der Waals surface area (Å²) in [5.74, 6) is -1.19. The first kappa shape index (κ1) is 12.6. The number of hydrogen-bond acceptors (Lipinski definition) is 3. The number of aromatic nitrogens is 2. The van der Waals surface area contributed by atoms with Gasteiger partial charge in [-0.05, 0) is 31.9 Å². The Morgan fingerprint density at radius 3 is 2.90 bits per heavy atom. The van der Waals surface area contributed by atoms with Gasteiger partial charge in [0.15, 0.2) is 5.43 Å². The lowest BCUT2D eigenvalue weighted by Gasteiger charge is -2.27. The standard InChI is InChI=1S/C15H14N2O3/c1-8-3-4-10-5-9(2)17-7-11(15(19)20)13(18)6-12(17)14(10)16-8/h3-4,6-7,9H,5H2,1-2H3,(H,19,20). The zero-order valence-corrected chi connectivity index (χ0v) is 11.3. The number of nitrogens with zero attached hydrogens (tertiary/aromatic N) is 2. The molecule has 1 aliphatic rings. The number of hydrogen-bond donors (Lipinski definition) is 1. The minimum atomic E-state index is -1.19. The number of carbonyl (C=O) groups is 1. The number of carboxylic acids is 1. The highest BCUT2D eigenvalue weighted by atomic mass is 16.4. The fourth-order valence-electron chi connectivity index (χ4n) is 2.65. The van der Waals surface area contributed by atoms with Crippen LogP contribution in [0.25, 0.3) is 11.4 Å². The van der Waals surface area contributed by atoms with Gasteiger partial charge >= 0.3 is 5.97 Å². The van der Waals surface area contributed by atoms with E-state index in [9.17, 15) is 9.59 Å². The Morgan fingerprint density at radius 1 is 1.45 bits per heavy atom. The molecule has 1 N–H and O–H groups in total. The second-order valence-corrected chi connectivity index (χ2v) is 5.16. The van der Waals surface area contributed by atoms with Crippen LogP contribution in [-0.4, -0.2) is 20.6 Å². The lowest BCUT2D eigenvalue weighted by molar-refractivity contribution is 0.0694. The topological polar surface area (TPSA) is 72.2 Å². The van der Waals surface area contributed by atoms with Crippen molar-refractivity contribution in [2.24, 2.45) is 0 Å². The minimum absolute atomic E-state index is 0.0979. The lowest BCUT2D eigenvalue weighted by atomic mass is 9.96. The van der Waals surface area contributed by atoms with Gasteiger partial charge in [-0.3, -0.25) is 9.78 Å². The average molecular weight is 270 g/mol. The van der Waals surface area contributed by atoms with Crippen molar-refractivity contribution in [3.05, 3.63) is 51.4 Å². The maximum absolute atomic E-state index is 11.9. The summed E-state index contributed by atoms with van der Waals surface area (Å²) in [7, 11) is 0. The van der Waals surface area contributed by atoms with Crippen LogP contribution in [-0.2, 0) is 6.42 Å². The van der Waals surface area contributed by atoms with E-state index in [2.05, 4.69) is 4.98 Å². The largest absolute Gasteiger partial charge is 0.477 e. The van der Waals surface area contributed by atoms with Crippen LogP contribution in [0, 0.1) is 6.92 Å². The molecule has 0 spiro atoms. The van der Waals surface area contributed by atoms with Crippen molar-refractivity contribution >= 4 is 5.97 Å². The Bertz CT molecular complexity index is 777. The Kier molecular flexibility index (Phi) is 2.71. The third kappa shape index (κ3) is 1.82. The molecule has 1 aliphatic heterocycles. The Morgan fingerprint density at radius 2 is 2.20 bits per heavy atom. The molecule has 0 radical (unpaired) electrons. The molecule has 0 aliphatic carbocycles. The molecule has 0 saturated carbocycles. The summed E-state index contributed by atoms with van der Waals surface area (Å²) in [6.45, 7) is 3.90. The van der Waals surface area contributed by atoms with E-state index >= 15 is 0 Å².